The summed E-state index contributed by atoms with van der Waals surface area (Å²) >= 11 is 0. The number of hydrogen-bond acceptors (Lipinski definition) is 4. The van der Waals surface area contributed by atoms with Crippen LogP contribution in [-0.4, -0.2) is 44.1 Å². The van der Waals surface area contributed by atoms with E-state index < -0.39 is 12.0 Å². The normalized spacial score (nSPS) is 11.7. The Balaban J connectivity index is 2.84. The minimum atomic E-state index is -1.05. The molecule has 1 heterocycles. The van der Waals surface area contributed by atoms with Crippen LogP contribution in [0.2, 0.25) is 0 Å². The van der Waals surface area contributed by atoms with Crippen molar-refractivity contribution < 1.29 is 20.1 Å². The fraction of sp³-hybridized carbons (Fsp3) is 0.429. The van der Waals surface area contributed by atoms with Crippen LogP contribution in [0, 0.1) is 0 Å². The third-order valence-corrected chi connectivity index (χ3v) is 3.27. The summed E-state index contributed by atoms with van der Waals surface area (Å²) in [6.45, 7) is 3.30. The van der Waals surface area contributed by atoms with Crippen LogP contribution in [0.3, 0.4) is 0 Å². The highest BCUT2D eigenvalue weighted by atomic mass is 16.4. The molecule has 2 rings (SSSR count). The molecular weight excluding hydrogens is 260 g/mol. The van der Waals surface area contributed by atoms with Crippen LogP contribution in [0.15, 0.2) is 18.2 Å². The number of aromatic carboxylic acids is 1. The van der Waals surface area contributed by atoms with Gasteiger partial charge >= 0.3 is 5.97 Å². The second-order valence-corrected chi connectivity index (χ2v) is 4.99. The molecule has 108 valence electrons. The lowest BCUT2D eigenvalue weighted by atomic mass is 10.1. The number of para-hydroxylation sites is 1. The fourth-order valence-corrected chi connectivity index (χ4v) is 2.34. The molecule has 3 N–H and O–H groups in total. The molecule has 0 saturated heterocycles. The van der Waals surface area contributed by atoms with Crippen LogP contribution in [0.4, 0.5) is 0 Å². The van der Waals surface area contributed by atoms with Crippen molar-refractivity contribution in [2.24, 2.45) is 0 Å². The van der Waals surface area contributed by atoms with Crippen molar-refractivity contribution >= 4 is 17.0 Å². The monoisotopic (exact) mass is 278 g/mol. The molecule has 1 aromatic heterocycles. The molecule has 0 radical (unpaired) electrons. The number of nitrogens with zero attached hydrogens (tertiary/aromatic N) is 2. The number of aliphatic hydroxyl groups is 2. The molecule has 0 bridgehead atoms. The number of carboxylic acid groups (broad SMARTS) is 1. The first-order chi connectivity index (χ1) is 9.51. The highest BCUT2D eigenvalue weighted by molar-refractivity contribution is 6.01. The minimum absolute atomic E-state index is 0.0460. The van der Waals surface area contributed by atoms with Gasteiger partial charge in [0.1, 0.15) is 5.82 Å². The summed E-state index contributed by atoms with van der Waals surface area (Å²) < 4.78 is 1.64. The van der Waals surface area contributed by atoms with Crippen LogP contribution in [0.5, 0.6) is 0 Å². The number of carboxylic acids is 1. The van der Waals surface area contributed by atoms with E-state index in [0.717, 1.165) is 0 Å². The Morgan fingerprint density at radius 2 is 1.95 bits per heavy atom. The number of rotatable bonds is 5. The molecule has 1 aromatic carbocycles. The molecule has 0 atom stereocenters. The molecule has 0 amide bonds. The lowest BCUT2D eigenvalue weighted by molar-refractivity contribution is 0.0697. The molecule has 2 aromatic rings. The fourth-order valence-electron chi connectivity index (χ4n) is 2.34. The summed E-state index contributed by atoms with van der Waals surface area (Å²) in [6, 6.07) is 4.27. The first-order valence-corrected chi connectivity index (χ1v) is 6.47. The predicted molar refractivity (Wildman–Crippen MR) is 74.0 cm³/mol. The van der Waals surface area contributed by atoms with E-state index in [1.54, 1.807) is 16.7 Å². The van der Waals surface area contributed by atoms with Crippen LogP contribution in [-0.2, 0) is 0 Å². The van der Waals surface area contributed by atoms with Gasteiger partial charge in [0.25, 0.3) is 0 Å². The van der Waals surface area contributed by atoms with E-state index in [-0.39, 0.29) is 24.7 Å². The number of benzene rings is 1. The molecule has 20 heavy (non-hydrogen) atoms. The van der Waals surface area contributed by atoms with Gasteiger partial charge in [-0.1, -0.05) is 19.9 Å². The van der Waals surface area contributed by atoms with Gasteiger partial charge in [-0.25, -0.2) is 9.78 Å². The Morgan fingerprint density at radius 1 is 1.30 bits per heavy atom. The first-order valence-electron chi connectivity index (χ1n) is 6.47. The summed E-state index contributed by atoms with van der Waals surface area (Å²) in [6.07, 6.45) is 0. The minimum Gasteiger partial charge on any atom is -0.478 e. The van der Waals surface area contributed by atoms with Gasteiger partial charge in [-0.05, 0) is 12.1 Å². The van der Waals surface area contributed by atoms with E-state index in [0.29, 0.717) is 16.9 Å². The smallest absolute Gasteiger partial charge is 0.337 e. The number of carbonyl (C=O) groups is 1. The molecule has 0 fully saturated rings. The van der Waals surface area contributed by atoms with Crippen molar-refractivity contribution in [3.63, 3.8) is 0 Å². The average molecular weight is 278 g/mol. The van der Waals surface area contributed by atoms with Gasteiger partial charge in [-0.3, -0.25) is 0 Å². The van der Waals surface area contributed by atoms with Crippen molar-refractivity contribution in [2.45, 2.75) is 25.8 Å². The molecule has 0 unspecified atom stereocenters. The standard InChI is InChI=1S/C14H18N2O4/c1-8(2)13-15-11-5-3-4-10(14(19)20)12(11)16(13)9(6-17)7-18/h3-5,8-9,17-18H,6-7H2,1-2H3,(H,19,20). The highest BCUT2D eigenvalue weighted by Gasteiger charge is 2.23. The van der Waals surface area contributed by atoms with Gasteiger partial charge in [0.05, 0.1) is 35.9 Å². The van der Waals surface area contributed by atoms with Gasteiger partial charge in [-0.15, -0.1) is 0 Å². The van der Waals surface area contributed by atoms with Crippen LogP contribution < -0.4 is 0 Å². The molecule has 0 saturated carbocycles. The maximum absolute atomic E-state index is 11.4. The summed E-state index contributed by atoms with van der Waals surface area (Å²) in [4.78, 5) is 15.8. The molecule has 6 nitrogen and oxygen atoms in total. The maximum Gasteiger partial charge on any atom is 0.337 e. The second-order valence-electron chi connectivity index (χ2n) is 4.99. The van der Waals surface area contributed by atoms with Gasteiger partial charge in [-0.2, -0.15) is 0 Å². The lowest BCUT2D eigenvalue weighted by Crippen LogP contribution is -2.21. The van der Waals surface area contributed by atoms with E-state index in [2.05, 4.69) is 4.98 Å². The SMILES string of the molecule is CC(C)c1nc2cccc(C(=O)O)c2n1C(CO)CO. The Labute approximate surface area is 116 Å². The molecule has 0 spiro atoms. The second kappa shape index (κ2) is 5.60. The summed E-state index contributed by atoms with van der Waals surface area (Å²) in [5.41, 5.74) is 1.12. The van der Waals surface area contributed by atoms with Gasteiger partial charge in [0.2, 0.25) is 0 Å². The van der Waals surface area contributed by atoms with Gasteiger partial charge < -0.3 is 19.9 Å². The molecule has 0 aliphatic rings. The van der Waals surface area contributed by atoms with E-state index >= 15 is 0 Å². The number of imidazole rings is 1. The first kappa shape index (κ1) is 14.5. The number of hydrogen-bond donors (Lipinski definition) is 3. The zero-order valence-electron chi connectivity index (χ0n) is 11.4. The Morgan fingerprint density at radius 3 is 2.45 bits per heavy atom. The molecule has 0 aliphatic carbocycles. The topological polar surface area (TPSA) is 95.6 Å². The third kappa shape index (κ3) is 2.28. The molecule has 6 heteroatoms. The summed E-state index contributed by atoms with van der Waals surface area (Å²) in [5, 5.41) is 28.2. The Bertz CT molecular complexity index is 629. The highest BCUT2D eigenvalue weighted by Crippen LogP contribution is 2.28. The largest absolute Gasteiger partial charge is 0.478 e. The number of aromatic nitrogens is 2. The summed E-state index contributed by atoms with van der Waals surface area (Å²) in [7, 11) is 0. The van der Waals surface area contributed by atoms with Crippen LogP contribution >= 0.6 is 0 Å². The summed E-state index contributed by atoms with van der Waals surface area (Å²) in [5.74, 6) is -0.354. The number of fused-ring (bicyclic) bond motifs is 1. The van der Waals surface area contributed by atoms with E-state index in [4.69, 9.17) is 0 Å². The molecule has 0 aliphatic heterocycles. The van der Waals surface area contributed by atoms with E-state index in [9.17, 15) is 20.1 Å². The van der Waals surface area contributed by atoms with Crippen molar-refractivity contribution in [1.82, 2.24) is 9.55 Å². The van der Waals surface area contributed by atoms with Crippen molar-refractivity contribution in [3.05, 3.63) is 29.6 Å². The third-order valence-electron chi connectivity index (χ3n) is 3.27. The Kier molecular flexibility index (Phi) is 4.06. The average Bonchev–Trinajstić information content (AvgIpc) is 2.80. The zero-order chi connectivity index (χ0) is 14.9. The van der Waals surface area contributed by atoms with Crippen molar-refractivity contribution in [1.29, 1.82) is 0 Å². The van der Waals surface area contributed by atoms with Crippen molar-refractivity contribution in [2.75, 3.05) is 13.2 Å². The number of aliphatic hydroxyl groups excluding tert-OH is 2. The van der Waals surface area contributed by atoms with Crippen LogP contribution in [0.25, 0.3) is 11.0 Å². The lowest BCUT2D eigenvalue weighted by Gasteiger charge is -2.19. The molecular formula is C14H18N2O4. The van der Waals surface area contributed by atoms with Crippen LogP contribution in [0.1, 0.15) is 42.0 Å². The van der Waals surface area contributed by atoms with E-state index in [1.807, 2.05) is 13.8 Å². The maximum atomic E-state index is 11.4. The van der Waals surface area contributed by atoms with Gasteiger partial charge in [0, 0.05) is 5.92 Å². The zero-order valence-corrected chi connectivity index (χ0v) is 11.4. The van der Waals surface area contributed by atoms with Crippen molar-refractivity contribution in [3.8, 4) is 0 Å². The van der Waals surface area contributed by atoms with Gasteiger partial charge in [0.15, 0.2) is 0 Å². The quantitative estimate of drug-likeness (QED) is 0.768. The van der Waals surface area contributed by atoms with E-state index in [1.165, 1.54) is 6.07 Å². The Hall–Kier alpha value is -1.92. The predicted octanol–water partition coefficient (Wildman–Crippen LogP) is 1.38.